The third kappa shape index (κ3) is 4.23. The topological polar surface area (TPSA) is 103 Å². The number of non-ortho nitro benzene ring substituents is 1. The summed E-state index contributed by atoms with van der Waals surface area (Å²) in [7, 11) is 0. The number of rotatable bonds is 5. The van der Waals surface area contributed by atoms with Gasteiger partial charge >= 0.3 is 0 Å². The second kappa shape index (κ2) is 7.93. The Morgan fingerprint density at radius 1 is 1.15 bits per heavy atom. The first-order valence-electron chi connectivity index (χ1n) is 7.78. The molecule has 1 N–H and O–H groups in total. The molecule has 0 fully saturated rings. The van der Waals surface area contributed by atoms with Crippen molar-refractivity contribution in [1.82, 2.24) is 5.43 Å². The summed E-state index contributed by atoms with van der Waals surface area (Å²) in [6.45, 7) is 0.929. The Morgan fingerprint density at radius 2 is 1.96 bits per heavy atom. The monoisotopic (exact) mass is 353 g/mol. The molecule has 3 rings (SSSR count). The van der Waals surface area contributed by atoms with Crippen LogP contribution in [0.4, 0.5) is 5.69 Å². The van der Waals surface area contributed by atoms with E-state index in [4.69, 9.17) is 9.47 Å². The van der Waals surface area contributed by atoms with E-state index < -0.39 is 4.92 Å². The smallest absolute Gasteiger partial charge is 0.271 e. The Bertz CT molecular complexity index is 892. The van der Waals surface area contributed by atoms with Crippen molar-refractivity contribution < 1.29 is 19.2 Å². The van der Waals surface area contributed by atoms with Crippen LogP contribution in [-0.2, 0) is 0 Å². The van der Waals surface area contributed by atoms with Gasteiger partial charge in [-0.15, -0.1) is 0 Å². The van der Waals surface area contributed by atoms with Crippen LogP contribution in [0.2, 0.25) is 0 Å². The lowest BCUT2D eigenvalue weighted by atomic mass is 10.2. The van der Waals surface area contributed by atoms with Gasteiger partial charge < -0.3 is 9.47 Å². The van der Waals surface area contributed by atoms with Gasteiger partial charge in [-0.3, -0.25) is 14.9 Å². The Kier molecular flexibility index (Phi) is 5.23. The van der Waals surface area contributed by atoms with Crippen LogP contribution in [0.5, 0.6) is 11.5 Å². The molecule has 1 aliphatic rings. The zero-order valence-electron chi connectivity index (χ0n) is 13.6. The van der Waals surface area contributed by atoms with Crippen LogP contribution in [0, 0.1) is 10.1 Å². The number of hydrazone groups is 1. The Hall–Kier alpha value is -3.68. The molecule has 0 aliphatic carbocycles. The van der Waals surface area contributed by atoms with Gasteiger partial charge in [-0.1, -0.05) is 18.2 Å². The number of nitrogens with zero attached hydrogens (tertiary/aromatic N) is 2. The predicted octanol–water partition coefficient (Wildman–Crippen LogP) is 2.80. The summed E-state index contributed by atoms with van der Waals surface area (Å²) in [5.74, 6) is 0.747. The van der Waals surface area contributed by atoms with Crippen molar-refractivity contribution in [3.8, 4) is 11.5 Å². The van der Waals surface area contributed by atoms with Gasteiger partial charge in [-0.25, -0.2) is 5.43 Å². The molecule has 132 valence electrons. The molecule has 2 aromatic rings. The Labute approximate surface area is 148 Å². The van der Waals surface area contributed by atoms with Crippen LogP contribution in [0.25, 0.3) is 6.08 Å². The van der Waals surface area contributed by atoms with Crippen molar-refractivity contribution in [2.45, 2.75) is 0 Å². The molecular formula is C18H15N3O5. The largest absolute Gasteiger partial charge is 0.486 e. The van der Waals surface area contributed by atoms with Gasteiger partial charge in [0.15, 0.2) is 11.5 Å². The van der Waals surface area contributed by atoms with Crippen molar-refractivity contribution in [2.24, 2.45) is 5.10 Å². The highest BCUT2D eigenvalue weighted by atomic mass is 16.6. The van der Waals surface area contributed by atoms with Crippen molar-refractivity contribution in [3.05, 3.63) is 69.8 Å². The van der Waals surface area contributed by atoms with Gasteiger partial charge in [-0.05, 0) is 29.8 Å². The van der Waals surface area contributed by atoms with Crippen molar-refractivity contribution in [3.63, 3.8) is 0 Å². The molecule has 0 saturated carbocycles. The number of allylic oxidation sites excluding steroid dienone is 1. The minimum absolute atomic E-state index is 0.0102. The molecule has 2 aromatic carbocycles. The maximum atomic E-state index is 12.1. The van der Waals surface area contributed by atoms with Crippen LogP contribution in [0.1, 0.15) is 15.9 Å². The first-order chi connectivity index (χ1) is 12.6. The lowest BCUT2D eigenvalue weighted by Gasteiger charge is -2.18. The third-order valence-corrected chi connectivity index (χ3v) is 3.50. The fourth-order valence-corrected chi connectivity index (χ4v) is 2.28. The van der Waals surface area contributed by atoms with E-state index in [0.717, 1.165) is 0 Å². The average molecular weight is 353 g/mol. The minimum atomic E-state index is -0.459. The van der Waals surface area contributed by atoms with E-state index in [1.165, 1.54) is 18.3 Å². The summed E-state index contributed by atoms with van der Waals surface area (Å²) in [5, 5.41) is 14.5. The van der Waals surface area contributed by atoms with E-state index >= 15 is 0 Å². The zero-order chi connectivity index (χ0) is 18.4. The molecule has 0 spiro atoms. The van der Waals surface area contributed by atoms with Gasteiger partial charge in [0, 0.05) is 23.9 Å². The highest BCUT2D eigenvalue weighted by molar-refractivity contribution is 5.95. The summed E-state index contributed by atoms with van der Waals surface area (Å²) in [5.41, 5.74) is 3.46. The van der Waals surface area contributed by atoms with E-state index in [2.05, 4.69) is 10.5 Å². The standard InChI is InChI=1S/C18H15N3O5/c22-18(14-6-7-16-17(12-14)26-10-9-25-16)20-19-8-2-4-13-3-1-5-15(11-13)21(23)24/h1-8,11-12H,9-10H2,(H,20,22)/b4-2+,19-8+. The van der Waals surface area contributed by atoms with Crippen molar-refractivity contribution >= 4 is 23.9 Å². The second-order valence-corrected chi connectivity index (χ2v) is 5.29. The SMILES string of the molecule is O=C(N/N=C/C=C/c1cccc([N+](=O)[O-])c1)c1ccc2c(c1)OCCO2. The number of fused-ring (bicyclic) bond motifs is 1. The number of nitro groups is 1. The predicted molar refractivity (Wildman–Crippen MR) is 95.5 cm³/mol. The molecule has 26 heavy (non-hydrogen) atoms. The molecule has 8 nitrogen and oxygen atoms in total. The summed E-state index contributed by atoms with van der Waals surface area (Å²) in [6.07, 6.45) is 4.60. The number of nitrogens with one attached hydrogen (secondary N) is 1. The lowest BCUT2D eigenvalue weighted by Crippen LogP contribution is -2.19. The van der Waals surface area contributed by atoms with E-state index in [-0.39, 0.29) is 11.6 Å². The Balaban J connectivity index is 1.57. The molecule has 8 heteroatoms. The number of carbonyl (C=O) groups excluding carboxylic acids is 1. The number of ether oxygens (including phenoxy) is 2. The molecule has 0 bridgehead atoms. The number of hydrogen-bond acceptors (Lipinski definition) is 6. The van der Waals surface area contributed by atoms with E-state index in [1.54, 1.807) is 42.5 Å². The quantitative estimate of drug-likeness (QED) is 0.506. The van der Waals surface area contributed by atoms with Crippen LogP contribution in [-0.4, -0.2) is 30.3 Å². The van der Waals surface area contributed by atoms with Gasteiger partial charge in [0.05, 0.1) is 4.92 Å². The number of amides is 1. The molecule has 0 radical (unpaired) electrons. The van der Waals surface area contributed by atoms with Gasteiger partial charge in [0.25, 0.3) is 11.6 Å². The number of hydrogen-bond donors (Lipinski definition) is 1. The fourth-order valence-electron chi connectivity index (χ4n) is 2.28. The van der Waals surface area contributed by atoms with Gasteiger partial charge in [-0.2, -0.15) is 5.10 Å². The summed E-state index contributed by atoms with van der Waals surface area (Å²) in [6, 6.07) is 11.1. The second-order valence-electron chi connectivity index (χ2n) is 5.29. The molecule has 1 heterocycles. The number of nitro benzene ring substituents is 1. The summed E-state index contributed by atoms with van der Waals surface area (Å²) >= 11 is 0. The third-order valence-electron chi connectivity index (χ3n) is 3.50. The molecular weight excluding hydrogens is 338 g/mol. The molecule has 0 saturated heterocycles. The zero-order valence-corrected chi connectivity index (χ0v) is 13.6. The number of benzene rings is 2. The molecule has 1 amide bonds. The highest BCUT2D eigenvalue weighted by Gasteiger charge is 2.14. The highest BCUT2D eigenvalue weighted by Crippen LogP contribution is 2.30. The van der Waals surface area contributed by atoms with Gasteiger partial charge in [0.2, 0.25) is 0 Å². The van der Waals surface area contributed by atoms with Crippen molar-refractivity contribution in [2.75, 3.05) is 13.2 Å². The van der Waals surface area contributed by atoms with Crippen molar-refractivity contribution in [1.29, 1.82) is 0 Å². The fraction of sp³-hybridized carbons (Fsp3) is 0.111. The minimum Gasteiger partial charge on any atom is -0.486 e. The maximum Gasteiger partial charge on any atom is 0.271 e. The summed E-state index contributed by atoms with van der Waals surface area (Å²) < 4.78 is 10.8. The van der Waals surface area contributed by atoms with Gasteiger partial charge in [0.1, 0.15) is 13.2 Å². The Morgan fingerprint density at radius 3 is 2.77 bits per heavy atom. The van der Waals surface area contributed by atoms with E-state index in [9.17, 15) is 14.9 Å². The average Bonchev–Trinajstić information content (AvgIpc) is 2.67. The first kappa shape index (κ1) is 17.2. The van der Waals surface area contributed by atoms with Crippen LogP contribution in [0.3, 0.4) is 0 Å². The van der Waals surface area contributed by atoms with Crippen LogP contribution in [0.15, 0.2) is 53.6 Å². The molecule has 1 aliphatic heterocycles. The molecule has 0 aromatic heterocycles. The normalized spacial score (nSPS) is 13.1. The summed E-state index contributed by atoms with van der Waals surface area (Å²) in [4.78, 5) is 22.3. The lowest BCUT2D eigenvalue weighted by molar-refractivity contribution is -0.384. The van der Waals surface area contributed by atoms with Crippen LogP contribution < -0.4 is 14.9 Å². The van der Waals surface area contributed by atoms with Crippen LogP contribution >= 0.6 is 0 Å². The van der Waals surface area contributed by atoms with E-state index in [0.29, 0.717) is 35.8 Å². The van der Waals surface area contributed by atoms with E-state index in [1.807, 2.05) is 0 Å². The molecule has 0 atom stereocenters. The maximum absolute atomic E-state index is 12.1. The number of carbonyl (C=O) groups is 1. The first-order valence-corrected chi connectivity index (χ1v) is 7.78. The molecule has 0 unspecified atom stereocenters.